The lowest BCUT2D eigenvalue weighted by Crippen LogP contribution is -2.52. The van der Waals surface area contributed by atoms with E-state index >= 15 is 0 Å². The van der Waals surface area contributed by atoms with Gasteiger partial charge in [-0.2, -0.15) is 0 Å². The average Bonchev–Trinajstić information content (AvgIpc) is 2.37. The van der Waals surface area contributed by atoms with Crippen LogP contribution in [0.4, 0.5) is 4.79 Å². The number of carbonyl (C=O) groups excluding carboxylic acids is 1. The number of amides is 2. The van der Waals surface area contributed by atoms with Crippen molar-refractivity contribution in [2.75, 3.05) is 33.7 Å². The van der Waals surface area contributed by atoms with E-state index in [1.807, 2.05) is 25.9 Å². The van der Waals surface area contributed by atoms with Crippen molar-refractivity contribution in [1.29, 1.82) is 0 Å². The van der Waals surface area contributed by atoms with E-state index in [0.717, 1.165) is 32.4 Å². The molecule has 0 saturated carbocycles. The fraction of sp³-hybridized carbons (Fsp3) is 0.938. The van der Waals surface area contributed by atoms with E-state index in [4.69, 9.17) is 0 Å². The maximum absolute atomic E-state index is 12.5. The van der Waals surface area contributed by atoms with Gasteiger partial charge in [0.15, 0.2) is 0 Å². The van der Waals surface area contributed by atoms with Crippen molar-refractivity contribution in [3.63, 3.8) is 0 Å². The van der Waals surface area contributed by atoms with Crippen molar-refractivity contribution in [3.8, 4) is 0 Å². The Morgan fingerprint density at radius 1 is 1.38 bits per heavy atom. The second kappa shape index (κ2) is 8.59. The van der Waals surface area contributed by atoms with Crippen LogP contribution in [0.5, 0.6) is 0 Å². The molecule has 1 saturated heterocycles. The average molecular weight is 299 g/mol. The minimum absolute atomic E-state index is 0.0212. The van der Waals surface area contributed by atoms with Crippen LogP contribution in [0.25, 0.3) is 0 Å². The number of hydrogen-bond acceptors (Lipinski definition) is 3. The largest absolute Gasteiger partial charge is 0.393 e. The summed E-state index contributed by atoms with van der Waals surface area (Å²) in [6, 6.07) is 0.201. The number of nitrogens with one attached hydrogen (secondary N) is 1. The van der Waals surface area contributed by atoms with E-state index in [0.29, 0.717) is 12.5 Å². The predicted molar refractivity (Wildman–Crippen MR) is 86.3 cm³/mol. The molecule has 3 unspecified atom stereocenters. The molecule has 124 valence electrons. The number of carbonyl (C=O) groups is 1. The minimum Gasteiger partial charge on any atom is -0.393 e. The summed E-state index contributed by atoms with van der Waals surface area (Å²) >= 11 is 0. The van der Waals surface area contributed by atoms with Crippen molar-refractivity contribution in [2.24, 2.45) is 11.8 Å². The lowest BCUT2D eigenvalue weighted by Gasteiger charge is -2.35. The van der Waals surface area contributed by atoms with E-state index < -0.39 is 0 Å². The number of aliphatic hydroxyl groups excluding tert-OH is 1. The van der Waals surface area contributed by atoms with Crippen LogP contribution >= 0.6 is 0 Å². The van der Waals surface area contributed by atoms with Crippen LogP contribution in [0.2, 0.25) is 0 Å². The fourth-order valence-electron chi connectivity index (χ4n) is 3.04. The molecule has 1 rings (SSSR count). The highest BCUT2D eigenvalue weighted by molar-refractivity contribution is 5.74. The van der Waals surface area contributed by atoms with Gasteiger partial charge >= 0.3 is 6.03 Å². The first-order valence-electron chi connectivity index (χ1n) is 8.17. The van der Waals surface area contributed by atoms with Gasteiger partial charge in [0.2, 0.25) is 0 Å². The number of aliphatic hydroxyl groups is 1. The molecule has 21 heavy (non-hydrogen) atoms. The molecule has 0 bridgehead atoms. The zero-order valence-electron chi connectivity index (χ0n) is 14.3. The van der Waals surface area contributed by atoms with Gasteiger partial charge in [0, 0.05) is 31.6 Å². The third-order valence-electron chi connectivity index (χ3n) is 4.10. The molecule has 1 fully saturated rings. The summed E-state index contributed by atoms with van der Waals surface area (Å²) in [6.07, 6.45) is 2.63. The van der Waals surface area contributed by atoms with Crippen LogP contribution in [0.3, 0.4) is 0 Å². The molecule has 2 N–H and O–H groups in total. The highest BCUT2D eigenvalue weighted by Gasteiger charge is 2.27. The minimum atomic E-state index is -0.339. The standard InChI is InChI=1S/C16H33N3O2/c1-12(2)9-15(11-18(4)5)17-16(21)19-8-6-7-14(10-19)13(3)20/h12-15,20H,6-11H2,1-5H3,(H,17,21). The molecule has 5 nitrogen and oxygen atoms in total. The second-order valence-corrected chi connectivity index (χ2v) is 7.13. The molecule has 0 aromatic rings. The van der Waals surface area contributed by atoms with E-state index in [-0.39, 0.29) is 24.1 Å². The Morgan fingerprint density at radius 3 is 2.57 bits per heavy atom. The summed E-state index contributed by atoms with van der Waals surface area (Å²) in [5.74, 6) is 0.767. The highest BCUT2D eigenvalue weighted by Crippen LogP contribution is 2.20. The first-order valence-corrected chi connectivity index (χ1v) is 8.17. The lowest BCUT2D eigenvalue weighted by atomic mass is 9.93. The monoisotopic (exact) mass is 299 g/mol. The molecule has 0 aromatic carbocycles. The number of likely N-dealkylation sites (N-methyl/N-ethyl adjacent to an activating group) is 1. The zero-order chi connectivity index (χ0) is 16.0. The van der Waals surface area contributed by atoms with Crippen molar-refractivity contribution in [1.82, 2.24) is 15.1 Å². The maximum Gasteiger partial charge on any atom is 0.317 e. The molecule has 0 spiro atoms. The maximum atomic E-state index is 12.5. The second-order valence-electron chi connectivity index (χ2n) is 7.13. The normalized spacial score (nSPS) is 22.5. The Labute approximate surface area is 129 Å². The third-order valence-corrected chi connectivity index (χ3v) is 4.10. The van der Waals surface area contributed by atoms with Crippen LogP contribution < -0.4 is 5.32 Å². The number of rotatable bonds is 6. The van der Waals surface area contributed by atoms with Gasteiger partial charge in [-0.3, -0.25) is 0 Å². The molecule has 1 heterocycles. The number of likely N-dealkylation sites (tertiary alicyclic amines) is 1. The van der Waals surface area contributed by atoms with Crippen LogP contribution in [0.1, 0.15) is 40.0 Å². The smallest absolute Gasteiger partial charge is 0.317 e. The molecular formula is C16H33N3O2. The van der Waals surface area contributed by atoms with Crippen LogP contribution in [0, 0.1) is 11.8 Å². The number of nitrogens with zero attached hydrogens (tertiary/aromatic N) is 2. The number of hydrogen-bond donors (Lipinski definition) is 2. The Bertz CT molecular complexity index is 309. The highest BCUT2D eigenvalue weighted by atomic mass is 16.3. The molecule has 0 radical (unpaired) electrons. The Hall–Kier alpha value is -0.810. The Kier molecular flexibility index (Phi) is 7.46. The van der Waals surface area contributed by atoms with Gasteiger partial charge in [-0.1, -0.05) is 13.8 Å². The quantitative estimate of drug-likeness (QED) is 0.786. The molecule has 0 aromatic heterocycles. The summed E-state index contributed by atoms with van der Waals surface area (Å²) in [6.45, 7) is 8.50. The summed E-state index contributed by atoms with van der Waals surface area (Å²) in [7, 11) is 4.06. The zero-order valence-corrected chi connectivity index (χ0v) is 14.3. The number of piperidine rings is 1. The summed E-state index contributed by atoms with van der Waals surface area (Å²) in [5.41, 5.74) is 0. The molecule has 0 aliphatic carbocycles. The molecule has 2 amide bonds. The molecule has 3 atom stereocenters. The predicted octanol–water partition coefficient (Wildman–Crippen LogP) is 1.77. The van der Waals surface area contributed by atoms with Crippen molar-refractivity contribution in [2.45, 2.75) is 52.2 Å². The first kappa shape index (κ1) is 18.2. The van der Waals surface area contributed by atoms with Crippen LogP contribution in [-0.2, 0) is 0 Å². The van der Waals surface area contributed by atoms with Gasteiger partial charge in [-0.25, -0.2) is 4.79 Å². The fourth-order valence-corrected chi connectivity index (χ4v) is 3.04. The van der Waals surface area contributed by atoms with E-state index in [1.54, 1.807) is 0 Å². The summed E-state index contributed by atoms with van der Waals surface area (Å²) < 4.78 is 0. The SMILES string of the molecule is CC(C)CC(CN(C)C)NC(=O)N1CCCC(C(C)O)C1. The van der Waals surface area contributed by atoms with Crippen LogP contribution in [0.15, 0.2) is 0 Å². The van der Waals surface area contributed by atoms with Crippen molar-refractivity contribution in [3.05, 3.63) is 0 Å². The van der Waals surface area contributed by atoms with Gasteiger partial charge in [0.25, 0.3) is 0 Å². The van der Waals surface area contributed by atoms with Crippen molar-refractivity contribution >= 4 is 6.03 Å². The van der Waals surface area contributed by atoms with Crippen molar-refractivity contribution < 1.29 is 9.90 Å². The van der Waals surface area contributed by atoms with Gasteiger partial charge in [-0.15, -0.1) is 0 Å². The summed E-state index contributed by atoms with van der Waals surface area (Å²) in [5, 5.41) is 12.9. The van der Waals surface area contributed by atoms with E-state index in [9.17, 15) is 9.90 Å². The lowest BCUT2D eigenvalue weighted by molar-refractivity contribution is 0.0729. The Morgan fingerprint density at radius 2 is 2.05 bits per heavy atom. The first-order chi connectivity index (χ1) is 9.79. The van der Waals surface area contributed by atoms with E-state index in [1.165, 1.54) is 0 Å². The number of urea groups is 1. The Balaban J connectivity index is 2.55. The van der Waals surface area contributed by atoms with Gasteiger partial charge in [0.1, 0.15) is 0 Å². The van der Waals surface area contributed by atoms with Gasteiger partial charge in [0.05, 0.1) is 6.10 Å². The van der Waals surface area contributed by atoms with Gasteiger partial charge in [-0.05, 0) is 46.2 Å². The summed E-state index contributed by atoms with van der Waals surface area (Å²) in [4.78, 5) is 16.4. The van der Waals surface area contributed by atoms with E-state index in [2.05, 4.69) is 24.1 Å². The molecule has 1 aliphatic heterocycles. The third kappa shape index (κ3) is 6.66. The van der Waals surface area contributed by atoms with Crippen LogP contribution in [-0.4, -0.2) is 66.8 Å². The topological polar surface area (TPSA) is 55.8 Å². The molecular weight excluding hydrogens is 266 g/mol. The van der Waals surface area contributed by atoms with Gasteiger partial charge < -0.3 is 20.2 Å². The molecule has 5 heteroatoms. The molecule has 1 aliphatic rings.